The first-order valence-electron chi connectivity index (χ1n) is 6.37. The van der Waals surface area contributed by atoms with Crippen LogP contribution in [0.2, 0.25) is 0 Å². The molecular formula is C16H17NS. The van der Waals surface area contributed by atoms with Crippen LogP contribution in [0.4, 0.5) is 0 Å². The van der Waals surface area contributed by atoms with Gasteiger partial charge in [0.15, 0.2) is 0 Å². The molecule has 2 heteroatoms. The third-order valence-corrected chi connectivity index (χ3v) is 4.63. The minimum absolute atomic E-state index is 0.392. The van der Waals surface area contributed by atoms with Crippen LogP contribution in [0.25, 0.3) is 0 Å². The summed E-state index contributed by atoms with van der Waals surface area (Å²) in [6.07, 6.45) is 0. The fraction of sp³-hybridized carbons (Fsp3) is 0.250. The summed E-state index contributed by atoms with van der Waals surface area (Å²) in [5, 5.41) is 3.73. The summed E-state index contributed by atoms with van der Waals surface area (Å²) >= 11 is 1.95. The first kappa shape index (κ1) is 11.8. The van der Waals surface area contributed by atoms with E-state index in [1.54, 1.807) is 0 Å². The minimum Gasteiger partial charge on any atom is -0.303 e. The molecule has 0 aliphatic carbocycles. The molecule has 92 valence electrons. The Balaban J connectivity index is 1.75. The van der Waals surface area contributed by atoms with Crippen LogP contribution >= 0.6 is 11.8 Å². The average molecular weight is 255 g/mol. The molecule has 18 heavy (non-hydrogen) atoms. The van der Waals surface area contributed by atoms with Crippen molar-refractivity contribution in [3.63, 3.8) is 0 Å². The Morgan fingerprint density at radius 3 is 2.61 bits per heavy atom. The van der Waals surface area contributed by atoms with Crippen molar-refractivity contribution in [1.29, 1.82) is 0 Å². The number of thioether (sulfide) groups is 1. The number of fused-ring (bicyclic) bond motifs is 1. The Morgan fingerprint density at radius 2 is 1.78 bits per heavy atom. The summed E-state index contributed by atoms with van der Waals surface area (Å²) < 4.78 is 0. The molecule has 3 rings (SSSR count). The summed E-state index contributed by atoms with van der Waals surface area (Å²) in [5.41, 5.74) is 2.80. The van der Waals surface area contributed by atoms with Gasteiger partial charge < -0.3 is 5.32 Å². The highest BCUT2D eigenvalue weighted by molar-refractivity contribution is 7.99. The van der Waals surface area contributed by atoms with Crippen molar-refractivity contribution in [2.75, 3.05) is 5.75 Å². The van der Waals surface area contributed by atoms with Gasteiger partial charge in [0.1, 0.15) is 0 Å². The Morgan fingerprint density at radius 1 is 1.06 bits per heavy atom. The molecule has 0 radical (unpaired) electrons. The molecule has 0 fully saturated rings. The molecular weight excluding hydrogens is 238 g/mol. The van der Waals surface area contributed by atoms with Crippen LogP contribution < -0.4 is 5.32 Å². The largest absolute Gasteiger partial charge is 0.303 e. The number of rotatable bonds is 3. The molecule has 0 amide bonds. The zero-order valence-corrected chi connectivity index (χ0v) is 11.3. The van der Waals surface area contributed by atoms with Crippen molar-refractivity contribution in [2.45, 2.75) is 23.9 Å². The van der Waals surface area contributed by atoms with Gasteiger partial charge in [-0.1, -0.05) is 48.5 Å². The van der Waals surface area contributed by atoms with E-state index in [4.69, 9.17) is 0 Å². The predicted octanol–water partition coefficient (Wildman–Crippen LogP) is 4.18. The molecule has 1 unspecified atom stereocenters. The second kappa shape index (κ2) is 5.17. The van der Waals surface area contributed by atoms with Crippen molar-refractivity contribution in [1.82, 2.24) is 5.32 Å². The lowest BCUT2D eigenvalue weighted by molar-refractivity contribution is 0.501. The van der Waals surface area contributed by atoms with Crippen LogP contribution in [0, 0.1) is 0 Å². The van der Waals surface area contributed by atoms with Crippen LogP contribution in [-0.4, -0.2) is 5.75 Å². The van der Waals surface area contributed by atoms with Gasteiger partial charge in [-0.15, -0.1) is 11.8 Å². The third kappa shape index (κ3) is 2.31. The van der Waals surface area contributed by atoms with Gasteiger partial charge in [-0.3, -0.25) is 0 Å². The van der Waals surface area contributed by atoms with E-state index in [-0.39, 0.29) is 0 Å². The molecule has 2 aromatic rings. The van der Waals surface area contributed by atoms with Gasteiger partial charge in [0.05, 0.1) is 0 Å². The van der Waals surface area contributed by atoms with E-state index in [0.717, 1.165) is 5.75 Å². The Labute approximate surface area is 113 Å². The van der Waals surface area contributed by atoms with Gasteiger partial charge in [0, 0.05) is 22.7 Å². The molecule has 1 N–H and O–H groups in total. The minimum atomic E-state index is 0.392. The standard InChI is InChI=1S/C16H17NS/c1-12(13-7-3-2-4-8-13)17-15-11-18-16-10-6-5-9-14(15)16/h2-10,12,15,17H,11H2,1H3/t12-,15?/m0/s1. The highest BCUT2D eigenvalue weighted by Gasteiger charge is 2.23. The van der Waals surface area contributed by atoms with Gasteiger partial charge in [-0.25, -0.2) is 0 Å². The topological polar surface area (TPSA) is 12.0 Å². The van der Waals surface area contributed by atoms with Crippen LogP contribution in [-0.2, 0) is 0 Å². The van der Waals surface area contributed by atoms with Gasteiger partial charge >= 0.3 is 0 Å². The highest BCUT2D eigenvalue weighted by atomic mass is 32.2. The number of hydrogen-bond acceptors (Lipinski definition) is 2. The summed E-state index contributed by atoms with van der Waals surface area (Å²) in [5.74, 6) is 1.14. The molecule has 2 atom stereocenters. The Hall–Kier alpha value is -1.25. The van der Waals surface area contributed by atoms with E-state index in [9.17, 15) is 0 Å². The Bertz CT molecular complexity index is 524. The number of benzene rings is 2. The van der Waals surface area contributed by atoms with E-state index in [0.29, 0.717) is 12.1 Å². The summed E-state index contributed by atoms with van der Waals surface area (Å²) in [6.45, 7) is 2.24. The first-order valence-corrected chi connectivity index (χ1v) is 7.36. The maximum Gasteiger partial charge on any atom is 0.0431 e. The van der Waals surface area contributed by atoms with E-state index in [1.165, 1.54) is 16.0 Å². The van der Waals surface area contributed by atoms with Crippen molar-refractivity contribution < 1.29 is 0 Å². The van der Waals surface area contributed by atoms with Crippen LogP contribution in [0.15, 0.2) is 59.5 Å². The molecule has 2 aromatic carbocycles. The lowest BCUT2D eigenvalue weighted by Crippen LogP contribution is -2.24. The Kier molecular flexibility index (Phi) is 3.39. The van der Waals surface area contributed by atoms with E-state index in [2.05, 4.69) is 66.8 Å². The zero-order valence-electron chi connectivity index (χ0n) is 10.5. The molecule has 1 aliphatic rings. The molecule has 1 heterocycles. The molecule has 0 saturated heterocycles. The SMILES string of the molecule is C[C@H](NC1CSc2ccccc21)c1ccccc1. The number of nitrogens with one attached hydrogen (secondary N) is 1. The van der Waals surface area contributed by atoms with Gasteiger partial charge in [-0.2, -0.15) is 0 Å². The molecule has 0 bridgehead atoms. The van der Waals surface area contributed by atoms with E-state index < -0.39 is 0 Å². The second-order valence-electron chi connectivity index (χ2n) is 4.70. The lowest BCUT2D eigenvalue weighted by Gasteiger charge is -2.20. The van der Waals surface area contributed by atoms with Crippen LogP contribution in [0.1, 0.15) is 30.1 Å². The lowest BCUT2D eigenvalue weighted by atomic mass is 10.0. The fourth-order valence-electron chi connectivity index (χ4n) is 2.44. The van der Waals surface area contributed by atoms with Gasteiger partial charge in [0.25, 0.3) is 0 Å². The zero-order chi connectivity index (χ0) is 12.4. The molecule has 0 aromatic heterocycles. The average Bonchev–Trinajstić information content (AvgIpc) is 2.83. The molecule has 0 spiro atoms. The van der Waals surface area contributed by atoms with Crippen molar-refractivity contribution in [3.05, 3.63) is 65.7 Å². The third-order valence-electron chi connectivity index (χ3n) is 3.45. The second-order valence-corrected chi connectivity index (χ2v) is 5.76. The first-order chi connectivity index (χ1) is 8.84. The monoisotopic (exact) mass is 255 g/mol. The predicted molar refractivity (Wildman–Crippen MR) is 77.9 cm³/mol. The van der Waals surface area contributed by atoms with Crippen LogP contribution in [0.3, 0.4) is 0 Å². The van der Waals surface area contributed by atoms with E-state index in [1.807, 2.05) is 11.8 Å². The van der Waals surface area contributed by atoms with Crippen molar-refractivity contribution in [3.8, 4) is 0 Å². The molecule has 0 saturated carbocycles. The van der Waals surface area contributed by atoms with Crippen LogP contribution in [0.5, 0.6) is 0 Å². The van der Waals surface area contributed by atoms with Gasteiger partial charge in [0.2, 0.25) is 0 Å². The fourth-order valence-corrected chi connectivity index (χ4v) is 3.61. The number of hydrogen-bond donors (Lipinski definition) is 1. The maximum absolute atomic E-state index is 3.73. The molecule has 1 aliphatic heterocycles. The summed E-state index contributed by atoms with van der Waals surface area (Å²) in [6, 6.07) is 20.2. The quantitative estimate of drug-likeness (QED) is 0.883. The summed E-state index contributed by atoms with van der Waals surface area (Å²) in [7, 11) is 0. The highest BCUT2D eigenvalue weighted by Crippen LogP contribution is 2.38. The van der Waals surface area contributed by atoms with E-state index >= 15 is 0 Å². The summed E-state index contributed by atoms with van der Waals surface area (Å²) in [4.78, 5) is 1.43. The van der Waals surface area contributed by atoms with Gasteiger partial charge in [-0.05, 0) is 24.1 Å². The maximum atomic E-state index is 3.73. The normalized spacial score (nSPS) is 19.5. The van der Waals surface area contributed by atoms with Crippen molar-refractivity contribution in [2.24, 2.45) is 0 Å². The molecule has 1 nitrogen and oxygen atoms in total. The smallest absolute Gasteiger partial charge is 0.0431 e. The van der Waals surface area contributed by atoms with Crippen molar-refractivity contribution >= 4 is 11.8 Å².